The number of nitrogens with zero attached hydrogens (tertiary/aromatic N) is 1. The Balaban J connectivity index is 3.48. The fourth-order valence-corrected chi connectivity index (χ4v) is 4.21. The molecule has 0 spiro atoms. The number of rotatable bonds is 13. The number of hydrogen-bond acceptors (Lipinski definition) is 6. The second kappa shape index (κ2) is 15.3. The Hall–Kier alpha value is -3.10. The predicted octanol–water partition coefficient (Wildman–Crippen LogP) is 4.59. The van der Waals surface area contributed by atoms with Crippen molar-refractivity contribution in [1.82, 2.24) is 15.5 Å². The number of nitrogens with one attached hydrogen (secondary N) is 2. The molecule has 0 aliphatic rings. The molecular formula is C29H47N3O6. The summed E-state index contributed by atoms with van der Waals surface area (Å²) in [5.41, 5.74) is 1.73. The van der Waals surface area contributed by atoms with Gasteiger partial charge in [0.2, 0.25) is 11.8 Å². The molecule has 214 valence electrons. The molecule has 2 N–H and O–H groups in total. The molecule has 3 unspecified atom stereocenters. The third kappa shape index (κ3) is 9.99. The van der Waals surface area contributed by atoms with Crippen LogP contribution in [-0.4, -0.2) is 60.1 Å². The van der Waals surface area contributed by atoms with Gasteiger partial charge in [-0.3, -0.25) is 14.4 Å². The van der Waals surface area contributed by atoms with Crippen molar-refractivity contribution in [1.29, 1.82) is 0 Å². The van der Waals surface area contributed by atoms with E-state index < -0.39 is 35.7 Å². The van der Waals surface area contributed by atoms with E-state index in [-0.39, 0.29) is 31.4 Å². The summed E-state index contributed by atoms with van der Waals surface area (Å²) in [4.78, 5) is 53.9. The van der Waals surface area contributed by atoms with Crippen LogP contribution in [0, 0.1) is 19.8 Å². The van der Waals surface area contributed by atoms with E-state index in [1.807, 2.05) is 52.8 Å². The lowest BCUT2D eigenvalue weighted by molar-refractivity contribution is -0.145. The van der Waals surface area contributed by atoms with Crippen LogP contribution in [0.25, 0.3) is 0 Å². The molecule has 0 fully saturated rings. The zero-order valence-corrected chi connectivity index (χ0v) is 24.6. The smallest absolute Gasteiger partial charge is 0.408 e. The van der Waals surface area contributed by atoms with E-state index in [4.69, 9.17) is 9.47 Å². The van der Waals surface area contributed by atoms with Gasteiger partial charge in [-0.1, -0.05) is 45.4 Å². The summed E-state index contributed by atoms with van der Waals surface area (Å²) in [6.07, 6.45) is 0.570. The number of carbonyl (C=O) groups is 4. The summed E-state index contributed by atoms with van der Waals surface area (Å²) in [5.74, 6) is -1.37. The lowest BCUT2D eigenvalue weighted by atomic mass is 9.92. The van der Waals surface area contributed by atoms with Crippen molar-refractivity contribution in [2.24, 2.45) is 5.92 Å². The van der Waals surface area contributed by atoms with Gasteiger partial charge in [-0.05, 0) is 70.6 Å². The van der Waals surface area contributed by atoms with E-state index in [1.54, 1.807) is 32.6 Å². The number of ether oxygens (including phenoxy) is 2. The Kier molecular flexibility index (Phi) is 13.3. The predicted molar refractivity (Wildman–Crippen MR) is 148 cm³/mol. The fourth-order valence-electron chi connectivity index (χ4n) is 4.21. The molecule has 0 bridgehead atoms. The Morgan fingerprint density at radius 3 is 2.13 bits per heavy atom. The van der Waals surface area contributed by atoms with Crippen LogP contribution in [0.2, 0.25) is 0 Å². The maximum atomic E-state index is 14.1. The average Bonchev–Trinajstić information content (AvgIpc) is 2.82. The normalized spacial score (nSPS) is 13.6. The lowest BCUT2D eigenvalue weighted by Crippen LogP contribution is -2.55. The van der Waals surface area contributed by atoms with Crippen molar-refractivity contribution in [2.45, 2.75) is 99.3 Å². The molecule has 0 saturated heterocycles. The van der Waals surface area contributed by atoms with Crippen LogP contribution >= 0.6 is 0 Å². The summed E-state index contributed by atoms with van der Waals surface area (Å²) < 4.78 is 10.4. The SMILES string of the molecule is CCCN(C(=O)C(NC(=O)OC(C)(C)C)C(C)CC)C(C(=O)NCCC(=O)OCC)c1c(C)cccc1C. The summed E-state index contributed by atoms with van der Waals surface area (Å²) in [5, 5.41) is 5.59. The Morgan fingerprint density at radius 2 is 1.63 bits per heavy atom. The molecule has 9 nitrogen and oxygen atoms in total. The number of carbonyl (C=O) groups excluding carboxylic acids is 4. The summed E-state index contributed by atoms with van der Waals surface area (Å²) in [6.45, 7) is 17.2. The van der Waals surface area contributed by atoms with Gasteiger partial charge in [0, 0.05) is 13.1 Å². The van der Waals surface area contributed by atoms with Gasteiger partial charge in [0.15, 0.2) is 0 Å². The minimum absolute atomic E-state index is 0.0243. The van der Waals surface area contributed by atoms with Crippen LogP contribution in [-0.2, 0) is 23.9 Å². The molecule has 0 aromatic heterocycles. The van der Waals surface area contributed by atoms with Crippen LogP contribution < -0.4 is 10.6 Å². The first-order valence-electron chi connectivity index (χ1n) is 13.6. The van der Waals surface area contributed by atoms with Crippen LogP contribution in [0.15, 0.2) is 18.2 Å². The fraction of sp³-hybridized carbons (Fsp3) is 0.655. The van der Waals surface area contributed by atoms with E-state index in [1.165, 1.54) is 0 Å². The minimum Gasteiger partial charge on any atom is -0.466 e. The van der Waals surface area contributed by atoms with Crippen molar-refractivity contribution in [3.8, 4) is 0 Å². The molecule has 3 amide bonds. The van der Waals surface area contributed by atoms with Crippen LogP contribution in [0.3, 0.4) is 0 Å². The zero-order chi connectivity index (χ0) is 29.0. The molecule has 0 heterocycles. The first kappa shape index (κ1) is 32.9. The maximum Gasteiger partial charge on any atom is 0.408 e. The van der Waals surface area contributed by atoms with E-state index in [0.29, 0.717) is 19.4 Å². The first-order valence-corrected chi connectivity index (χ1v) is 13.6. The van der Waals surface area contributed by atoms with Gasteiger partial charge in [0.05, 0.1) is 13.0 Å². The van der Waals surface area contributed by atoms with Gasteiger partial charge in [0.1, 0.15) is 17.7 Å². The summed E-state index contributed by atoms with van der Waals surface area (Å²) >= 11 is 0. The number of esters is 1. The topological polar surface area (TPSA) is 114 Å². The Bertz CT molecular complexity index is 936. The monoisotopic (exact) mass is 533 g/mol. The Labute approximate surface area is 228 Å². The molecule has 1 rings (SSSR count). The zero-order valence-electron chi connectivity index (χ0n) is 24.6. The van der Waals surface area contributed by atoms with Gasteiger partial charge >= 0.3 is 12.1 Å². The number of amides is 3. The highest BCUT2D eigenvalue weighted by Crippen LogP contribution is 2.29. The first-order chi connectivity index (χ1) is 17.8. The quantitative estimate of drug-likeness (QED) is 0.359. The highest BCUT2D eigenvalue weighted by molar-refractivity contribution is 5.93. The number of hydrogen-bond donors (Lipinski definition) is 2. The van der Waals surface area contributed by atoms with Gasteiger partial charge in [-0.15, -0.1) is 0 Å². The number of benzene rings is 1. The molecular weight excluding hydrogens is 486 g/mol. The van der Waals surface area contributed by atoms with E-state index in [0.717, 1.165) is 16.7 Å². The molecule has 0 saturated carbocycles. The standard InChI is InChI=1S/C29H47N3O6/c1-10-18-32(27(35)24(19(4)11-2)31-28(36)38-29(7,8)9)25(23-20(5)14-13-15-21(23)6)26(34)30-17-16-22(33)37-12-3/h13-15,19,24-25H,10-12,16-18H2,1-9H3,(H,30,34)(H,31,36). The van der Waals surface area contributed by atoms with E-state index >= 15 is 0 Å². The molecule has 3 atom stereocenters. The van der Waals surface area contributed by atoms with Crippen LogP contribution in [0.4, 0.5) is 4.79 Å². The van der Waals surface area contributed by atoms with Crippen molar-refractivity contribution < 1.29 is 28.7 Å². The Morgan fingerprint density at radius 1 is 1.03 bits per heavy atom. The lowest BCUT2D eigenvalue weighted by Gasteiger charge is -2.37. The third-order valence-electron chi connectivity index (χ3n) is 6.21. The summed E-state index contributed by atoms with van der Waals surface area (Å²) in [6, 6.07) is 3.88. The molecule has 0 aliphatic carbocycles. The van der Waals surface area contributed by atoms with E-state index in [9.17, 15) is 19.2 Å². The van der Waals surface area contributed by atoms with Crippen LogP contribution in [0.1, 0.15) is 90.5 Å². The molecule has 0 radical (unpaired) electrons. The van der Waals surface area contributed by atoms with Gasteiger partial charge < -0.3 is 25.0 Å². The van der Waals surface area contributed by atoms with Gasteiger partial charge in [-0.2, -0.15) is 0 Å². The van der Waals surface area contributed by atoms with Crippen molar-refractivity contribution in [2.75, 3.05) is 19.7 Å². The van der Waals surface area contributed by atoms with Gasteiger partial charge in [0.25, 0.3) is 0 Å². The van der Waals surface area contributed by atoms with Crippen molar-refractivity contribution >= 4 is 23.9 Å². The summed E-state index contributed by atoms with van der Waals surface area (Å²) in [7, 11) is 0. The molecule has 38 heavy (non-hydrogen) atoms. The number of aryl methyl sites for hydroxylation is 2. The van der Waals surface area contributed by atoms with E-state index in [2.05, 4.69) is 10.6 Å². The minimum atomic E-state index is -0.946. The molecule has 9 heteroatoms. The molecule has 0 aliphatic heterocycles. The second-order valence-corrected chi connectivity index (χ2v) is 10.6. The highest BCUT2D eigenvalue weighted by Gasteiger charge is 2.38. The maximum absolute atomic E-state index is 14.1. The average molecular weight is 534 g/mol. The van der Waals surface area contributed by atoms with Crippen molar-refractivity contribution in [3.63, 3.8) is 0 Å². The number of alkyl carbamates (subject to hydrolysis) is 1. The third-order valence-corrected chi connectivity index (χ3v) is 6.21. The van der Waals surface area contributed by atoms with Crippen LogP contribution in [0.5, 0.6) is 0 Å². The van der Waals surface area contributed by atoms with Gasteiger partial charge in [-0.25, -0.2) is 4.79 Å². The second-order valence-electron chi connectivity index (χ2n) is 10.6. The van der Waals surface area contributed by atoms with Crippen molar-refractivity contribution in [3.05, 3.63) is 34.9 Å². The largest absolute Gasteiger partial charge is 0.466 e. The molecule has 1 aromatic carbocycles. The molecule has 1 aromatic rings. The highest BCUT2D eigenvalue weighted by atomic mass is 16.6.